The molecule has 94 heavy (non-hydrogen) atoms. The van der Waals surface area contributed by atoms with Crippen molar-refractivity contribution in [1.29, 1.82) is 0 Å². The summed E-state index contributed by atoms with van der Waals surface area (Å²) in [5, 5.41) is 75.9. The van der Waals surface area contributed by atoms with Crippen LogP contribution in [0.4, 0.5) is 0 Å². The van der Waals surface area contributed by atoms with Gasteiger partial charge in [0.1, 0.15) is 54.4 Å². The maximum absolute atomic E-state index is 14.3. The molecule has 11 amide bonds. The highest BCUT2D eigenvalue weighted by molar-refractivity contribution is 5.99. The van der Waals surface area contributed by atoms with Crippen LogP contribution in [0.2, 0.25) is 0 Å². The maximum Gasteiger partial charge on any atom is 0.305 e. The summed E-state index contributed by atoms with van der Waals surface area (Å²) in [6, 6.07) is -7.06. The Morgan fingerprint density at radius 3 is 1.14 bits per heavy atom. The van der Waals surface area contributed by atoms with E-state index in [1.165, 1.54) is 6.92 Å². The third-order valence-electron chi connectivity index (χ3n) is 14.8. The molecule has 33 heteroatoms. The quantitative estimate of drug-likeness (QED) is 0.0307. The van der Waals surface area contributed by atoms with Gasteiger partial charge in [0.05, 0.1) is 12.5 Å². The summed E-state index contributed by atoms with van der Waals surface area (Å²) in [7, 11) is 0. The summed E-state index contributed by atoms with van der Waals surface area (Å²) in [4.78, 5) is 198. The van der Waals surface area contributed by atoms with Gasteiger partial charge in [0, 0.05) is 44.9 Å². The standard InChI is InChI=1S/C61H99N13O20/c1-8-9-17-38(54(87)71-42(21-25-49(79)80)58(91)72-43(22-26-50(81)82)57(90)70-41(20-24-48(77)78)53(86)66-36(7)52(85)65-35(6)34(4)5)67-56(89)40(19-23-47(63)76)69-55(88)39(18-13-14-28-62)68-59(92)44(27-29-75)73-61(94)46(30-33(2)3)74-60(93)45(31-51(83)84)64-32-37-15-11-10-12-16-37/h10-12,15-16,33-36,38-46,64,75H,8-9,13-14,17-32,62H2,1-7H3,(H2,63,76)(H,65,85)(H,66,86)(H,67,89)(H,68,92)(H,69,88)(H,70,90)(H,71,87)(H,72,91)(H,73,94)(H,74,93)(H,77,78)(H,79,80)(H,81,82)(H,83,84)/t35-,36+,38+,39+,40+,41+,42+,43+,44+,45+,46+/m1/s1. The summed E-state index contributed by atoms with van der Waals surface area (Å²) < 4.78 is 0. The molecular weight excluding hydrogens is 1230 g/mol. The van der Waals surface area contributed by atoms with Gasteiger partial charge in [-0.1, -0.05) is 77.8 Å². The Labute approximate surface area is 546 Å². The molecule has 0 aliphatic heterocycles. The van der Waals surface area contributed by atoms with Crippen LogP contribution in [0.5, 0.6) is 0 Å². The number of carboxylic acid groups (broad SMARTS) is 4. The molecular formula is C61H99N13O20. The number of nitrogens with one attached hydrogen (secondary N) is 11. The number of carbonyl (C=O) groups is 15. The monoisotopic (exact) mass is 1330 g/mol. The number of carboxylic acids is 4. The molecule has 11 atom stereocenters. The van der Waals surface area contributed by atoms with Crippen LogP contribution in [0, 0.1) is 11.8 Å². The SMILES string of the molecule is CCCC[C@H](NC(=O)[C@H](CCC(N)=O)NC(=O)[C@H](CCCCN)NC(=O)[C@H](CCO)NC(=O)[C@H](CC(C)C)NC(=O)[C@H](CC(=O)O)NCc1ccccc1)C(=O)N[C@@H](CCC(=O)O)C(=O)N[C@@H](CCC(=O)O)C(=O)N[C@@H](CCC(=O)O)C(=O)N[C@@H](C)C(=O)N[C@H](C)C(C)C. The van der Waals surface area contributed by atoms with Crippen molar-refractivity contribution in [1.82, 2.24) is 58.5 Å². The van der Waals surface area contributed by atoms with Gasteiger partial charge in [0.15, 0.2) is 0 Å². The van der Waals surface area contributed by atoms with Crippen LogP contribution in [-0.2, 0) is 78.5 Å². The van der Waals surface area contributed by atoms with Crippen LogP contribution in [0.15, 0.2) is 30.3 Å². The predicted molar refractivity (Wildman–Crippen MR) is 337 cm³/mol. The van der Waals surface area contributed by atoms with Gasteiger partial charge in [-0.25, -0.2) is 0 Å². The van der Waals surface area contributed by atoms with Crippen molar-refractivity contribution in [3.05, 3.63) is 35.9 Å². The van der Waals surface area contributed by atoms with Gasteiger partial charge >= 0.3 is 23.9 Å². The molecule has 0 aliphatic rings. The molecule has 0 unspecified atom stereocenters. The zero-order chi connectivity index (χ0) is 71.2. The third-order valence-corrected chi connectivity index (χ3v) is 14.8. The molecule has 1 aromatic rings. The molecule has 0 saturated heterocycles. The van der Waals surface area contributed by atoms with Crippen LogP contribution in [0.1, 0.15) is 163 Å². The van der Waals surface area contributed by atoms with Crippen molar-refractivity contribution in [2.75, 3.05) is 13.2 Å². The van der Waals surface area contributed by atoms with Crippen LogP contribution in [0.25, 0.3) is 0 Å². The van der Waals surface area contributed by atoms with Crippen molar-refractivity contribution >= 4 is 88.9 Å². The second-order valence-electron chi connectivity index (χ2n) is 23.6. The number of rotatable bonds is 49. The fourth-order valence-electron chi connectivity index (χ4n) is 9.05. The largest absolute Gasteiger partial charge is 0.481 e. The number of amides is 11. The lowest BCUT2D eigenvalue weighted by Crippen LogP contribution is -2.60. The summed E-state index contributed by atoms with van der Waals surface area (Å²) in [6.45, 7) is 11.5. The number of hydrogen-bond acceptors (Lipinski definition) is 18. The highest BCUT2D eigenvalue weighted by Gasteiger charge is 2.37. The summed E-state index contributed by atoms with van der Waals surface area (Å²) in [5.74, 6) is -16.8. The second kappa shape index (κ2) is 44.7. The number of nitrogens with two attached hydrogens (primary N) is 2. The molecule has 0 fully saturated rings. The lowest BCUT2D eigenvalue weighted by Gasteiger charge is -2.28. The van der Waals surface area contributed by atoms with E-state index in [9.17, 15) is 97.5 Å². The lowest BCUT2D eigenvalue weighted by atomic mass is 10.0. The number of carbonyl (C=O) groups excluding carboxylic acids is 11. The lowest BCUT2D eigenvalue weighted by molar-refractivity contribution is -0.140. The topological polar surface area (TPSA) is 542 Å². The first-order valence-corrected chi connectivity index (χ1v) is 31.5. The van der Waals surface area contributed by atoms with E-state index in [0.717, 1.165) is 5.56 Å². The Balaban J connectivity index is 3.61. The Hall–Kier alpha value is -8.85. The molecule has 1 aromatic carbocycles. The molecule has 0 heterocycles. The molecule has 0 radical (unpaired) electrons. The molecule has 1 rings (SSSR count). The van der Waals surface area contributed by atoms with E-state index in [4.69, 9.17) is 11.5 Å². The first-order chi connectivity index (χ1) is 44.2. The molecule has 0 aromatic heterocycles. The normalized spacial score (nSPS) is 14.6. The van der Waals surface area contributed by atoms with E-state index >= 15 is 0 Å². The first kappa shape index (κ1) is 83.2. The van der Waals surface area contributed by atoms with E-state index in [1.54, 1.807) is 58.0 Å². The minimum atomic E-state index is -1.84. The van der Waals surface area contributed by atoms with E-state index < -0.39 is 220 Å². The van der Waals surface area contributed by atoms with E-state index in [1.807, 2.05) is 13.8 Å². The number of hydrogen-bond donors (Lipinski definition) is 18. The number of aliphatic hydroxyl groups excluding tert-OH is 1. The molecule has 33 nitrogen and oxygen atoms in total. The minimum Gasteiger partial charge on any atom is -0.481 e. The van der Waals surface area contributed by atoms with Gasteiger partial charge < -0.3 is 95.5 Å². The van der Waals surface area contributed by atoms with E-state index in [0.29, 0.717) is 12.8 Å². The zero-order valence-corrected chi connectivity index (χ0v) is 54.5. The molecule has 528 valence electrons. The Bertz CT molecular complexity index is 2700. The number of aliphatic hydroxyl groups is 1. The summed E-state index contributed by atoms with van der Waals surface area (Å²) in [5.41, 5.74) is 11.9. The fourth-order valence-corrected chi connectivity index (χ4v) is 9.05. The molecule has 0 aliphatic carbocycles. The third kappa shape index (κ3) is 34.2. The van der Waals surface area contributed by atoms with Crippen LogP contribution < -0.4 is 70.0 Å². The van der Waals surface area contributed by atoms with Crippen molar-refractivity contribution < 1.29 is 97.5 Å². The Kier molecular flexibility index (Phi) is 39.5. The summed E-state index contributed by atoms with van der Waals surface area (Å²) >= 11 is 0. The highest BCUT2D eigenvalue weighted by atomic mass is 16.4. The average Bonchev–Trinajstić information content (AvgIpc) is 1.01. The Morgan fingerprint density at radius 1 is 0.415 bits per heavy atom. The number of aliphatic carboxylic acids is 4. The van der Waals surface area contributed by atoms with Gasteiger partial charge in [0.25, 0.3) is 0 Å². The minimum absolute atomic E-state index is 0.00735. The number of benzene rings is 1. The van der Waals surface area contributed by atoms with Crippen molar-refractivity contribution in [3.63, 3.8) is 0 Å². The smallest absolute Gasteiger partial charge is 0.305 e. The maximum atomic E-state index is 14.3. The van der Waals surface area contributed by atoms with Gasteiger partial charge in [0.2, 0.25) is 65.0 Å². The summed E-state index contributed by atoms with van der Waals surface area (Å²) in [6.07, 6.45) is -5.34. The first-order valence-electron chi connectivity index (χ1n) is 31.5. The van der Waals surface area contributed by atoms with Crippen LogP contribution in [-0.4, -0.2) is 194 Å². The van der Waals surface area contributed by atoms with Crippen LogP contribution >= 0.6 is 0 Å². The van der Waals surface area contributed by atoms with Gasteiger partial charge in [-0.15, -0.1) is 0 Å². The van der Waals surface area contributed by atoms with E-state index in [2.05, 4.69) is 58.5 Å². The number of primary amides is 1. The molecule has 20 N–H and O–H groups in total. The zero-order valence-electron chi connectivity index (χ0n) is 54.5. The van der Waals surface area contributed by atoms with Crippen molar-refractivity contribution in [2.45, 2.75) is 231 Å². The molecule has 0 saturated carbocycles. The van der Waals surface area contributed by atoms with Gasteiger partial charge in [-0.05, 0) is 102 Å². The van der Waals surface area contributed by atoms with Gasteiger partial charge in [-0.3, -0.25) is 71.9 Å². The van der Waals surface area contributed by atoms with Crippen molar-refractivity contribution in [3.8, 4) is 0 Å². The van der Waals surface area contributed by atoms with Crippen LogP contribution in [0.3, 0.4) is 0 Å². The van der Waals surface area contributed by atoms with Gasteiger partial charge in [-0.2, -0.15) is 0 Å². The Morgan fingerprint density at radius 2 is 0.777 bits per heavy atom. The van der Waals surface area contributed by atoms with E-state index in [-0.39, 0.29) is 63.1 Å². The molecule has 0 spiro atoms. The fraction of sp³-hybridized carbons (Fsp3) is 0.656. The van der Waals surface area contributed by atoms with Crippen molar-refractivity contribution in [2.24, 2.45) is 23.3 Å². The average molecular weight is 1330 g/mol. The highest BCUT2D eigenvalue weighted by Crippen LogP contribution is 2.13. The predicted octanol–water partition coefficient (Wildman–Crippen LogP) is -2.23. The second-order valence-corrected chi connectivity index (χ2v) is 23.6. The molecule has 0 bridgehead atoms. The number of unbranched alkanes of at least 4 members (excludes halogenated alkanes) is 2.